The first-order valence-corrected chi connectivity index (χ1v) is 11.3. The van der Waals surface area contributed by atoms with Crippen LogP contribution in [0.5, 0.6) is 0 Å². The van der Waals surface area contributed by atoms with E-state index in [2.05, 4.69) is 10.3 Å². The van der Waals surface area contributed by atoms with Crippen molar-refractivity contribution in [3.8, 4) is 16.8 Å². The van der Waals surface area contributed by atoms with Crippen LogP contribution >= 0.6 is 11.6 Å². The molecule has 1 aliphatic heterocycles. The fourth-order valence-corrected chi connectivity index (χ4v) is 3.72. The fourth-order valence-electron chi connectivity index (χ4n) is 3.60. The standard InChI is InChI=1S/C24H23ClN4O2.C2H6/c1-3-31-22-11-5-16-13-20(15-4-10-21(26)17(12-15)14-27-2)24(30)29(23(16)28-22)19-8-6-18(25)7-9-19;1-2/h4-14,22,28H,3,26H2,1-2H3;1-2H3. The summed E-state index contributed by atoms with van der Waals surface area (Å²) in [6, 6.07) is 14.6. The van der Waals surface area contributed by atoms with Crippen LogP contribution in [0.15, 0.2) is 64.4 Å². The molecule has 0 saturated heterocycles. The van der Waals surface area contributed by atoms with E-state index in [1.807, 2.05) is 63.3 Å². The number of anilines is 2. The Morgan fingerprint density at radius 2 is 1.91 bits per heavy atom. The Balaban J connectivity index is 0.00000149. The number of fused-ring (bicyclic) bond motifs is 1. The number of rotatable bonds is 5. The summed E-state index contributed by atoms with van der Waals surface area (Å²) in [6.45, 7) is 6.48. The molecule has 4 rings (SSSR count). The Morgan fingerprint density at radius 1 is 1.18 bits per heavy atom. The highest BCUT2D eigenvalue weighted by molar-refractivity contribution is 6.30. The molecule has 0 saturated carbocycles. The number of halogens is 1. The minimum absolute atomic E-state index is 0.164. The number of hydrogen-bond donors (Lipinski definition) is 2. The first-order chi connectivity index (χ1) is 16.0. The lowest BCUT2D eigenvalue weighted by Gasteiger charge is -2.26. The second kappa shape index (κ2) is 11.0. The number of pyridine rings is 1. The van der Waals surface area contributed by atoms with E-state index in [0.29, 0.717) is 34.4 Å². The quantitative estimate of drug-likeness (QED) is 0.379. The van der Waals surface area contributed by atoms with Crippen molar-refractivity contribution < 1.29 is 4.74 Å². The van der Waals surface area contributed by atoms with Crippen molar-refractivity contribution >= 4 is 35.4 Å². The lowest BCUT2D eigenvalue weighted by atomic mass is 10.0. The zero-order valence-electron chi connectivity index (χ0n) is 19.3. The van der Waals surface area contributed by atoms with Gasteiger partial charge in [-0.2, -0.15) is 0 Å². The summed E-state index contributed by atoms with van der Waals surface area (Å²) in [5.74, 6) is 0.669. The topological polar surface area (TPSA) is 81.6 Å². The molecule has 3 aromatic rings. The Bertz CT molecular complexity index is 1230. The molecule has 1 aliphatic rings. The highest BCUT2D eigenvalue weighted by atomic mass is 35.5. The van der Waals surface area contributed by atoms with E-state index in [0.717, 1.165) is 16.7 Å². The maximum Gasteiger partial charge on any atom is 0.264 e. The monoisotopic (exact) mass is 464 g/mol. The van der Waals surface area contributed by atoms with Gasteiger partial charge in [0, 0.05) is 47.3 Å². The third-order valence-corrected chi connectivity index (χ3v) is 5.31. The Morgan fingerprint density at radius 3 is 2.58 bits per heavy atom. The summed E-state index contributed by atoms with van der Waals surface area (Å²) in [4.78, 5) is 17.8. The van der Waals surface area contributed by atoms with E-state index in [4.69, 9.17) is 22.1 Å². The zero-order chi connectivity index (χ0) is 24.0. The van der Waals surface area contributed by atoms with E-state index < -0.39 is 0 Å². The van der Waals surface area contributed by atoms with Gasteiger partial charge >= 0.3 is 0 Å². The van der Waals surface area contributed by atoms with Crippen molar-refractivity contribution in [2.75, 3.05) is 24.7 Å². The smallest absolute Gasteiger partial charge is 0.264 e. The van der Waals surface area contributed by atoms with Crippen LogP contribution < -0.4 is 16.6 Å². The van der Waals surface area contributed by atoms with Crippen molar-refractivity contribution in [2.24, 2.45) is 4.99 Å². The maximum atomic E-state index is 13.7. The number of nitrogen functional groups attached to an aromatic ring is 1. The largest absolute Gasteiger partial charge is 0.398 e. The SMILES string of the molecule is CC.CCOC1C=Cc2cc(-c3ccc(N)c(C=NC)c3)c(=O)n(-c3ccc(Cl)cc3)c2N1. The van der Waals surface area contributed by atoms with E-state index >= 15 is 0 Å². The fraction of sp³-hybridized carbons (Fsp3) is 0.231. The first-order valence-electron chi connectivity index (χ1n) is 11.0. The molecule has 0 fully saturated rings. The first kappa shape index (κ1) is 24.3. The predicted molar refractivity (Wildman–Crippen MR) is 140 cm³/mol. The molecule has 0 spiro atoms. The van der Waals surface area contributed by atoms with Gasteiger partial charge in [0.15, 0.2) is 0 Å². The van der Waals surface area contributed by atoms with E-state index in [1.54, 1.807) is 36.0 Å². The Labute approximate surface area is 199 Å². The Kier molecular flexibility index (Phi) is 8.09. The van der Waals surface area contributed by atoms with Crippen molar-refractivity contribution in [1.29, 1.82) is 0 Å². The maximum absolute atomic E-state index is 13.7. The van der Waals surface area contributed by atoms with Crippen LogP contribution in [0.2, 0.25) is 5.02 Å². The molecule has 7 heteroatoms. The predicted octanol–water partition coefficient (Wildman–Crippen LogP) is 5.62. The molecule has 1 aromatic heterocycles. The van der Waals surface area contributed by atoms with E-state index in [9.17, 15) is 4.79 Å². The zero-order valence-corrected chi connectivity index (χ0v) is 20.1. The lowest BCUT2D eigenvalue weighted by molar-refractivity contribution is 0.115. The average molecular weight is 465 g/mol. The molecule has 0 radical (unpaired) electrons. The summed E-state index contributed by atoms with van der Waals surface area (Å²) in [5, 5.41) is 3.92. The molecule has 2 aromatic carbocycles. The molecule has 1 unspecified atom stereocenters. The molecule has 0 bridgehead atoms. The summed E-state index contributed by atoms with van der Waals surface area (Å²) in [6.07, 6.45) is 5.27. The third-order valence-electron chi connectivity index (χ3n) is 5.06. The average Bonchev–Trinajstić information content (AvgIpc) is 2.83. The van der Waals surface area contributed by atoms with Gasteiger partial charge in [-0.05, 0) is 61.0 Å². The van der Waals surface area contributed by atoms with Crippen molar-refractivity contribution in [2.45, 2.75) is 27.0 Å². The highest BCUT2D eigenvalue weighted by Crippen LogP contribution is 2.30. The number of nitrogens with two attached hydrogens (primary N) is 1. The Hall–Kier alpha value is -3.35. The van der Waals surface area contributed by atoms with Gasteiger partial charge in [0.05, 0.1) is 5.69 Å². The molecule has 0 amide bonds. The summed E-state index contributed by atoms with van der Waals surface area (Å²) in [5.41, 5.74) is 10.2. The molecular weight excluding hydrogens is 436 g/mol. The number of aromatic nitrogens is 1. The number of nitrogens with zero attached hydrogens (tertiary/aromatic N) is 2. The van der Waals surface area contributed by atoms with E-state index in [1.165, 1.54) is 0 Å². The molecule has 2 heterocycles. The second-order valence-corrected chi connectivity index (χ2v) is 7.53. The van der Waals surface area contributed by atoms with Gasteiger partial charge < -0.3 is 15.8 Å². The highest BCUT2D eigenvalue weighted by Gasteiger charge is 2.21. The number of benzene rings is 2. The molecule has 0 aliphatic carbocycles. The number of aliphatic imine (C=N–C) groups is 1. The molecule has 3 N–H and O–H groups in total. The van der Waals surface area contributed by atoms with Crippen LogP contribution in [0.3, 0.4) is 0 Å². The molecule has 1 atom stereocenters. The van der Waals surface area contributed by atoms with Gasteiger partial charge in [-0.3, -0.25) is 14.4 Å². The van der Waals surface area contributed by atoms with Gasteiger partial charge in [-0.1, -0.05) is 37.6 Å². The second-order valence-electron chi connectivity index (χ2n) is 7.09. The van der Waals surface area contributed by atoms with Crippen LogP contribution in [0, 0.1) is 0 Å². The lowest BCUT2D eigenvalue weighted by Crippen LogP contribution is -2.31. The van der Waals surface area contributed by atoms with Gasteiger partial charge in [-0.25, -0.2) is 0 Å². The number of nitrogens with one attached hydrogen (secondary N) is 1. The van der Waals surface area contributed by atoms with Crippen LogP contribution in [-0.2, 0) is 4.74 Å². The van der Waals surface area contributed by atoms with Crippen molar-refractivity contribution in [3.05, 3.63) is 81.1 Å². The minimum atomic E-state index is -0.315. The number of hydrogen-bond acceptors (Lipinski definition) is 5. The van der Waals surface area contributed by atoms with E-state index in [-0.39, 0.29) is 11.8 Å². The van der Waals surface area contributed by atoms with Crippen LogP contribution in [0.1, 0.15) is 31.9 Å². The van der Waals surface area contributed by atoms with Crippen LogP contribution in [-0.4, -0.2) is 30.7 Å². The van der Waals surface area contributed by atoms with Gasteiger partial charge in [0.2, 0.25) is 0 Å². The van der Waals surface area contributed by atoms with Gasteiger partial charge in [-0.15, -0.1) is 0 Å². The minimum Gasteiger partial charge on any atom is -0.398 e. The van der Waals surface area contributed by atoms with Crippen LogP contribution in [0.4, 0.5) is 11.5 Å². The number of ether oxygens (including phenoxy) is 1. The van der Waals surface area contributed by atoms with Crippen molar-refractivity contribution in [3.63, 3.8) is 0 Å². The summed E-state index contributed by atoms with van der Waals surface area (Å²) in [7, 11) is 1.68. The normalized spacial score (nSPS) is 14.4. The third kappa shape index (κ3) is 5.18. The van der Waals surface area contributed by atoms with Crippen molar-refractivity contribution in [1.82, 2.24) is 4.57 Å². The molecular formula is C26H29ClN4O2. The summed E-state index contributed by atoms with van der Waals surface area (Å²) < 4.78 is 7.35. The molecule has 6 nitrogen and oxygen atoms in total. The van der Waals surface area contributed by atoms with Crippen LogP contribution in [0.25, 0.3) is 22.9 Å². The van der Waals surface area contributed by atoms with Gasteiger partial charge in [0.1, 0.15) is 12.0 Å². The molecule has 33 heavy (non-hydrogen) atoms. The molecule has 172 valence electrons. The van der Waals surface area contributed by atoms with Gasteiger partial charge in [0.25, 0.3) is 5.56 Å². The summed E-state index contributed by atoms with van der Waals surface area (Å²) >= 11 is 6.08.